The van der Waals surface area contributed by atoms with Crippen molar-refractivity contribution >= 4 is 12.0 Å². The summed E-state index contributed by atoms with van der Waals surface area (Å²) in [7, 11) is 1.52. The first-order valence-corrected chi connectivity index (χ1v) is 9.21. The van der Waals surface area contributed by atoms with Gasteiger partial charge in [0, 0.05) is 12.1 Å². The van der Waals surface area contributed by atoms with E-state index in [9.17, 15) is 18.0 Å². The van der Waals surface area contributed by atoms with E-state index < -0.39 is 24.0 Å². The number of rotatable bonds is 7. The highest BCUT2D eigenvalue weighted by atomic mass is 19.4. The molecule has 0 radical (unpaired) electrons. The van der Waals surface area contributed by atoms with Crippen molar-refractivity contribution in [3.05, 3.63) is 29.8 Å². The van der Waals surface area contributed by atoms with Gasteiger partial charge >= 0.3 is 6.18 Å². The number of carbonyl (C=O) groups excluding carboxylic acids is 1. The number of hydrogen-bond donors (Lipinski definition) is 1. The van der Waals surface area contributed by atoms with Crippen LogP contribution in [0.2, 0.25) is 0 Å². The molecule has 0 heterocycles. The standard InChI is InChI=1S/C20H26F3NO3/c1-3-12-27-17-10-8-14(13-18(17)26-2)9-11-19(25)24-16-7-5-4-6-15(16)20(21,22)23/h8-11,13,15-16H,3-7,12H2,1-2H3,(H,24,25)/b11-9+/t15-,16+/m1/s1. The Morgan fingerprint density at radius 2 is 2.00 bits per heavy atom. The summed E-state index contributed by atoms with van der Waals surface area (Å²) in [5, 5.41) is 2.51. The van der Waals surface area contributed by atoms with E-state index in [1.165, 1.54) is 13.2 Å². The number of methoxy groups -OCH3 is 1. The van der Waals surface area contributed by atoms with Crippen LogP contribution in [0.15, 0.2) is 24.3 Å². The van der Waals surface area contributed by atoms with Crippen LogP contribution in [0, 0.1) is 5.92 Å². The third-order valence-electron chi connectivity index (χ3n) is 4.59. The monoisotopic (exact) mass is 385 g/mol. The highest BCUT2D eigenvalue weighted by Gasteiger charge is 2.45. The Kier molecular flexibility index (Phi) is 7.56. The van der Waals surface area contributed by atoms with Crippen LogP contribution in [0.4, 0.5) is 13.2 Å². The summed E-state index contributed by atoms with van der Waals surface area (Å²) in [6.07, 6.45) is 1.02. The predicted octanol–water partition coefficient (Wildman–Crippen LogP) is 4.73. The van der Waals surface area contributed by atoms with Crippen molar-refractivity contribution < 1.29 is 27.4 Å². The lowest BCUT2D eigenvalue weighted by Crippen LogP contribution is -2.47. The van der Waals surface area contributed by atoms with Gasteiger partial charge in [-0.25, -0.2) is 0 Å². The molecule has 0 spiro atoms. The largest absolute Gasteiger partial charge is 0.493 e. The summed E-state index contributed by atoms with van der Waals surface area (Å²) in [6, 6.07) is 4.35. The van der Waals surface area contributed by atoms with Crippen LogP contribution >= 0.6 is 0 Å². The van der Waals surface area contributed by atoms with Gasteiger partial charge in [-0.1, -0.05) is 25.8 Å². The van der Waals surface area contributed by atoms with Crippen LogP contribution in [0.25, 0.3) is 6.08 Å². The van der Waals surface area contributed by atoms with Gasteiger partial charge in [0.05, 0.1) is 19.6 Å². The average molecular weight is 385 g/mol. The van der Waals surface area contributed by atoms with E-state index in [0.717, 1.165) is 6.42 Å². The number of ether oxygens (including phenoxy) is 2. The highest BCUT2D eigenvalue weighted by molar-refractivity contribution is 5.92. The highest BCUT2D eigenvalue weighted by Crippen LogP contribution is 2.37. The van der Waals surface area contributed by atoms with Crippen molar-refractivity contribution in [2.24, 2.45) is 5.92 Å². The fourth-order valence-electron chi connectivity index (χ4n) is 3.22. The molecule has 0 unspecified atom stereocenters. The van der Waals surface area contributed by atoms with Gasteiger partial charge in [-0.3, -0.25) is 4.79 Å². The second-order valence-corrected chi connectivity index (χ2v) is 6.64. The van der Waals surface area contributed by atoms with E-state index in [4.69, 9.17) is 9.47 Å². The second-order valence-electron chi connectivity index (χ2n) is 6.64. The molecule has 1 fully saturated rings. The molecule has 1 saturated carbocycles. The number of benzene rings is 1. The third-order valence-corrected chi connectivity index (χ3v) is 4.59. The minimum atomic E-state index is -4.29. The number of amides is 1. The quantitative estimate of drug-likeness (QED) is 0.690. The molecule has 1 aromatic carbocycles. The predicted molar refractivity (Wildman–Crippen MR) is 97.8 cm³/mol. The maximum absolute atomic E-state index is 13.1. The van der Waals surface area contributed by atoms with Crippen LogP contribution in [-0.4, -0.2) is 31.8 Å². The molecule has 0 saturated heterocycles. The van der Waals surface area contributed by atoms with Crippen molar-refractivity contribution in [1.82, 2.24) is 5.32 Å². The number of carbonyl (C=O) groups is 1. The first-order valence-electron chi connectivity index (χ1n) is 9.21. The summed E-state index contributed by atoms with van der Waals surface area (Å²) >= 11 is 0. The van der Waals surface area contributed by atoms with E-state index in [2.05, 4.69) is 5.32 Å². The Labute approximate surface area is 157 Å². The molecule has 1 aliphatic carbocycles. The Hall–Kier alpha value is -2.18. The fraction of sp³-hybridized carbons (Fsp3) is 0.550. The first kappa shape index (κ1) is 21.1. The normalized spacial score (nSPS) is 20.5. The lowest BCUT2D eigenvalue weighted by molar-refractivity contribution is -0.188. The van der Waals surface area contributed by atoms with E-state index in [-0.39, 0.29) is 6.42 Å². The minimum absolute atomic E-state index is 0.0641. The molecule has 4 nitrogen and oxygen atoms in total. The summed E-state index contributed by atoms with van der Waals surface area (Å²) in [5.41, 5.74) is 0.696. The zero-order valence-electron chi connectivity index (χ0n) is 15.6. The van der Waals surface area contributed by atoms with Crippen LogP contribution in [-0.2, 0) is 4.79 Å². The Morgan fingerprint density at radius 1 is 1.26 bits per heavy atom. The maximum atomic E-state index is 13.1. The zero-order chi connectivity index (χ0) is 19.9. The topological polar surface area (TPSA) is 47.6 Å². The molecular formula is C20H26F3NO3. The summed E-state index contributed by atoms with van der Waals surface area (Å²) in [6.45, 7) is 2.56. The van der Waals surface area contributed by atoms with Crippen LogP contribution < -0.4 is 14.8 Å². The van der Waals surface area contributed by atoms with Crippen molar-refractivity contribution in [3.8, 4) is 11.5 Å². The third kappa shape index (κ3) is 6.19. The van der Waals surface area contributed by atoms with Crippen molar-refractivity contribution in [3.63, 3.8) is 0 Å². The van der Waals surface area contributed by atoms with Gasteiger partial charge in [0.15, 0.2) is 11.5 Å². The van der Waals surface area contributed by atoms with Crippen LogP contribution in [0.3, 0.4) is 0 Å². The van der Waals surface area contributed by atoms with Crippen molar-refractivity contribution in [2.75, 3.05) is 13.7 Å². The van der Waals surface area contributed by atoms with E-state index in [1.807, 2.05) is 6.92 Å². The molecule has 2 atom stereocenters. The summed E-state index contributed by atoms with van der Waals surface area (Å²) < 4.78 is 50.2. The van der Waals surface area contributed by atoms with Gasteiger partial charge in [0.25, 0.3) is 0 Å². The van der Waals surface area contributed by atoms with Crippen molar-refractivity contribution in [1.29, 1.82) is 0 Å². The Morgan fingerprint density at radius 3 is 2.67 bits per heavy atom. The number of hydrogen-bond acceptors (Lipinski definition) is 3. The molecule has 1 N–H and O–H groups in total. The number of alkyl halides is 3. The molecule has 7 heteroatoms. The molecule has 2 rings (SSSR count). The first-order chi connectivity index (χ1) is 12.8. The van der Waals surface area contributed by atoms with Crippen LogP contribution in [0.5, 0.6) is 11.5 Å². The van der Waals surface area contributed by atoms with E-state index in [1.54, 1.807) is 24.3 Å². The molecule has 1 amide bonds. The molecular weight excluding hydrogens is 359 g/mol. The Bertz CT molecular complexity index is 658. The van der Waals surface area contributed by atoms with E-state index >= 15 is 0 Å². The van der Waals surface area contributed by atoms with E-state index in [0.29, 0.717) is 42.9 Å². The average Bonchev–Trinajstić information content (AvgIpc) is 2.64. The maximum Gasteiger partial charge on any atom is 0.393 e. The summed E-state index contributed by atoms with van der Waals surface area (Å²) in [4.78, 5) is 12.1. The van der Waals surface area contributed by atoms with Gasteiger partial charge in [-0.05, 0) is 43.0 Å². The van der Waals surface area contributed by atoms with Gasteiger partial charge in [0.2, 0.25) is 5.91 Å². The zero-order valence-corrected chi connectivity index (χ0v) is 15.6. The molecule has 1 aliphatic rings. The molecule has 27 heavy (non-hydrogen) atoms. The second kappa shape index (κ2) is 9.67. The lowest BCUT2D eigenvalue weighted by Gasteiger charge is -2.33. The smallest absolute Gasteiger partial charge is 0.393 e. The molecule has 0 bridgehead atoms. The summed E-state index contributed by atoms with van der Waals surface area (Å²) in [5.74, 6) is -0.855. The molecule has 150 valence electrons. The molecule has 0 aliphatic heterocycles. The molecule has 1 aromatic rings. The lowest BCUT2D eigenvalue weighted by atomic mass is 9.84. The van der Waals surface area contributed by atoms with Gasteiger partial charge in [0.1, 0.15) is 0 Å². The number of halogens is 3. The number of nitrogens with one attached hydrogen (secondary N) is 1. The Balaban J connectivity index is 2.01. The van der Waals surface area contributed by atoms with Crippen LogP contribution in [0.1, 0.15) is 44.6 Å². The molecule has 0 aromatic heterocycles. The van der Waals surface area contributed by atoms with Gasteiger partial charge in [-0.2, -0.15) is 13.2 Å². The minimum Gasteiger partial charge on any atom is -0.493 e. The fourth-order valence-corrected chi connectivity index (χ4v) is 3.22. The van der Waals surface area contributed by atoms with Crippen molar-refractivity contribution in [2.45, 2.75) is 51.2 Å². The van der Waals surface area contributed by atoms with Gasteiger partial charge in [-0.15, -0.1) is 0 Å². The SMILES string of the molecule is CCCOc1ccc(/C=C/C(=O)N[C@H]2CCCC[C@H]2C(F)(F)F)cc1OC. The van der Waals surface area contributed by atoms with Gasteiger partial charge < -0.3 is 14.8 Å².